The molecule has 1 aliphatic heterocycles. The number of rotatable bonds is 5. The lowest BCUT2D eigenvalue weighted by Gasteiger charge is -2.33. The normalized spacial score (nSPS) is 24.4. The largest absolute Gasteiger partial charge is 0.315 e. The second kappa shape index (κ2) is 5.86. The molecule has 0 saturated carbocycles. The first-order valence-electron chi connectivity index (χ1n) is 6.46. The van der Waals surface area contributed by atoms with E-state index >= 15 is 0 Å². The van der Waals surface area contributed by atoms with Crippen LogP contribution in [0, 0.1) is 5.41 Å². The molecule has 0 bridgehead atoms. The molecule has 1 atom stereocenters. The van der Waals surface area contributed by atoms with Gasteiger partial charge in [0.2, 0.25) is 0 Å². The van der Waals surface area contributed by atoms with Crippen LogP contribution in [-0.4, -0.2) is 37.6 Å². The number of nitrogens with one attached hydrogen (secondary N) is 1. The maximum Gasteiger partial charge on any atom is 0.0217 e. The van der Waals surface area contributed by atoms with Crippen LogP contribution in [0.4, 0.5) is 0 Å². The number of likely N-dealkylation sites (tertiary alicyclic amines) is 1. The summed E-state index contributed by atoms with van der Waals surface area (Å²) in [7, 11) is 2.26. The molecule has 15 heavy (non-hydrogen) atoms. The fourth-order valence-corrected chi connectivity index (χ4v) is 2.10. The van der Waals surface area contributed by atoms with Crippen LogP contribution >= 0.6 is 0 Å². The van der Waals surface area contributed by atoms with E-state index < -0.39 is 0 Å². The van der Waals surface area contributed by atoms with Gasteiger partial charge in [-0.25, -0.2) is 0 Å². The summed E-state index contributed by atoms with van der Waals surface area (Å²) in [6, 6.07) is 0.770. The molecule has 0 aromatic heterocycles. The van der Waals surface area contributed by atoms with Crippen molar-refractivity contribution in [3.63, 3.8) is 0 Å². The Kier molecular flexibility index (Phi) is 5.07. The molecule has 0 amide bonds. The minimum absolute atomic E-state index is 0.452. The smallest absolute Gasteiger partial charge is 0.0217 e. The van der Waals surface area contributed by atoms with E-state index in [2.05, 4.69) is 38.0 Å². The fourth-order valence-electron chi connectivity index (χ4n) is 2.10. The van der Waals surface area contributed by atoms with Crippen LogP contribution in [0.1, 0.15) is 46.5 Å². The van der Waals surface area contributed by atoms with Gasteiger partial charge < -0.3 is 10.2 Å². The highest BCUT2D eigenvalue weighted by molar-refractivity contribution is 4.78. The lowest BCUT2D eigenvalue weighted by atomic mass is 9.90. The van der Waals surface area contributed by atoms with E-state index in [4.69, 9.17) is 0 Å². The van der Waals surface area contributed by atoms with Gasteiger partial charge in [-0.1, -0.05) is 27.2 Å². The maximum atomic E-state index is 3.64. The lowest BCUT2D eigenvalue weighted by molar-refractivity contribution is 0.176. The van der Waals surface area contributed by atoms with Crippen LogP contribution < -0.4 is 5.32 Å². The van der Waals surface area contributed by atoms with Gasteiger partial charge in [-0.15, -0.1) is 0 Å². The first-order valence-corrected chi connectivity index (χ1v) is 6.46. The molecule has 1 unspecified atom stereocenters. The third kappa shape index (κ3) is 4.52. The molecule has 0 aromatic rings. The van der Waals surface area contributed by atoms with Crippen LogP contribution in [0.3, 0.4) is 0 Å². The minimum Gasteiger partial charge on any atom is -0.315 e. The van der Waals surface area contributed by atoms with Crippen LogP contribution in [-0.2, 0) is 0 Å². The van der Waals surface area contributed by atoms with Gasteiger partial charge >= 0.3 is 0 Å². The van der Waals surface area contributed by atoms with Crippen LogP contribution in [0.5, 0.6) is 0 Å². The Morgan fingerprint density at radius 3 is 2.67 bits per heavy atom. The Bertz CT molecular complexity index is 177. The van der Waals surface area contributed by atoms with Gasteiger partial charge in [0, 0.05) is 19.1 Å². The van der Waals surface area contributed by atoms with Gasteiger partial charge in [0.05, 0.1) is 0 Å². The first-order chi connectivity index (χ1) is 7.05. The summed E-state index contributed by atoms with van der Waals surface area (Å²) >= 11 is 0. The highest BCUT2D eigenvalue weighted by Crippen LogP contribution is 2.18. The van der Waals surface area contributed by atoms with E-state index in [1.54, 1.807) is 0 Å². The summed E-state index contributed by atoms with van der Waals surface area (Å²) in [6.07, 6.45) is 5.41. The van der Waals surface area contributed by atoms with Crippen molar-refractivity contribution in [2.75, 3.05) is 26.7 Å². The zero-order valence-corrected chi connectivity index (χ0v) is 11.0. The van der Waals surface area contributed by atoms with Gasteiger partial charge in [0.15, 0.2) is 0 Å². The Morgan fingerprint density at radius 1 is 1.33 bits per heavy atom. The van der Waals surface area contributed by atoms with E-state index in [1.807, 2.05) is 0 Å². The third-order valence-corrected chi connectivity index (χ3v) is 3.86. The second-order valence-corrected chi connectivity index (χ2v) is 5.78. The van der Waals surface area contributed by atoms with Crippen molar-refractivity contribution < 1.29 is 0 Å². The standard InChI is InChI=1S/C13H28N2/c1-5-13(2,3)11-14-10-12-8-6-7-9-15(12)4/h12,14H,5-11H2,1-4H3. The summed E-state index contributed by atoms with van der Waals surface area (Å²) in [6.45, 7) is 10.5. The van der Waals surface area contributed by atoms with E-state index in [9.17, 15) is 0 Å². The van der Waals surface area contributed by atoms with Gasteiger partial charge in [0.1, 0.15) is 0 Å². The molecule has 0 aromatic carbocycles. The van der Waals surface area contributed by atoms with Crippen LogP contribution in [0.25, 0.3) is 0 Å². The number of nitrogens with zero attached hydrogens (tertiary/aromatic N) is 1. The molecular weight excluding hydrogens is 184 g/mol. The molecule has 0 spiro atoms. The predicted molar refractivity (Wildman–Crippen MR) is 67.2 cm³/mol. The molecule has 1 saturated heterocycles. The van der Waals surface area contributed by atoms with Crippen molar-refractivity contribution in [2.45, 2.75) is 52.5 Å². The molecular formula is C13H28N2. The maximum absolute atomic E-state index is 3.64. The van der Waals surface area contributed by atoms with Crippen molar-refractivity contribution in [1.82, 2.24) is 10.2 Å². The average Bonchev–Trinajstić information content (AvgIpc) is 2.21. The molecule has 0 aliphatic carbocycles. The van der Waals surface area contributed by atoms with E-state index in [1.165, 1.54) is 38.8 Å². The highest BCUT2D eigenvalue weighted by atomic mass is 15.2. The van der Waals surface area contributed by atoms with E-state index in [-0.39, 0.29) is 0 Å². The van der Waals surface area contributed by atoms with Gasteiger partial charge in [-0.2, -0.15) is 0 Å². The molecule has 2 nitrogen and oxygen atoms in total. The molecule has 1 rings (SSSR count). The highest BCUT2D eigenvalue weighted by Gasteiger charge is 2.20. The molecule has 90 valence electrons. The number of hydrogen-bond acceptors (Lipinski definition) is 2. The molecule has 1 fully saturated rings. The van der Waals surface area contributed by atoms with Gasteiger partial charge in [-0.3, -0.25) is 0 Å². The molecule has 1 heterocycles. The van der Waals surface area contributed by atoms with Gasteiger partial charge in [0.25, 0.3) is 0 Å². The van der Waals surface area contributed by atoms with E-state index in [0.717, 1.165) is 12.6 Å². The first kappa shape index (κ1) is 13.0. The zero-order valence-electron chi connectivity index (χ0n) is 11.0. The Balaban J connectivity index is 2.19. The quantitative estimate of drug-likeness (QED) is 0.753. The SMILES string of the molecule is CCC(C)(C)CNCC1CCCCN1C. The zero-order chi connectivity index (χ0) is 11.3. The van der Waals surface area contributed by atoms with E-state index in [0.29, 0.717) is 5.41 Å². The third-order valence-electron chi connectivity index (χ3n) is 3.86. The lowest BCUT2D eigenvalue weighted by Crippen LogP contribution is -2.44. The summed E-state index contributed by atoms with van der Waals surface area (Å²) in [5.41, 5.74) is 0.452. The predicted octanol–water partition coefficient (Wildman–Crippen LogP) is 2.50. The fraction of sp³-hybridized carbons (Fsp3) is 1.00. The van der Waals surface area contributed by atoms with Crippen molar-refractivity contribution in [2.24, 2.45) is 5.41 Å². The van der Waals surface area contributed by atoms with Crippen molar-refractivity contribution >= 4 is 0 Å². The molecule has 1 aliphatic rings. The van der Waals surface area contributed by atoms with Crippen molar-refractivity contribution in [3.05, 3.63) is 0 Å². The molecule has 2 heteroatoms. The summed E-state index contributed by atoms with van der Waals surface area (Å²) in [5.74, 6) is 0. The summed E-state index contributed by atoms with van der Waals surface area (Å²) in [5, 5.41) is 3.64. The topological polar surface area (TPSA) is 15.3 Å². The number of hydrogen-bond donors (Lipinski definition) is 1. The minimum atomic E-state index is 0.452. The molecule has 0 radical (unpaired) electrons. The Hall–Kier alpha value is -0.0800. The number of piperidine rings is 1. The second-order valence-electron chi connectivity index (χ2n) is 5.78. The van der Waals surface area contributed by atoms with Crippen LogP contribution in [0.2, 0.25) is 0 Å². The monoisotopic (exact) mass is 212 g/mol. The Morgan fingerprint density at radius 2 is 2.07 bits per heavy atom. The summed E-state index contributed by atoms with van der Waals surface area (Å²) < 4.78 is 0. The van der Waals surface area contributed by atoms with Gasteiger partial charge in [-0.05, 0) is 38.3 Å². The molecule has 1 N–H and O–H groups in total. The van der Waals surface area contributed by atoms with Crippen molar-refractivity contribution in [1.29, 1.82) is 0 Å². The average molecular weight is 212 g/mol. The van der Waals surface area contributed by atoms with Crippen molar-refractivity contribution in [3.8, 4) is 0 Å². The van der Waals surface area contributed by atoms with Crippen LogP contribution in [0.15, 0.2) is 0 Å². The Labute approximate surface area is 95.4 Å². The summed E-state index contributed by atoms with van der Waals surface area (Å²) in [4.78, 5) is 2.51. The number of likely N-dealkylation sites (N-methyl/N-ethyl adjacent to an activating group) is 1.